The number of nitrogens with zero attached hydrogens (tertiary/aromatic N) is 3. The SMILES string of the molecule is CC(C)c1c(N)ncnc1-c1ccc2ncccc2c1. The summed E-state index contributed by atoms with van der Waals surface area (Å²) in [5.74, 6) is 0.826. The van der Waals surface area contributed by atoms with E-state index in [0.717, 1.165) is 27.7 Å². The van der Waals surface area contributed by atoms with Crippen LogP contribution in [0.2, 0.25) is 0 Å². The van der Waals surface area contributed by atoms with E-state index in [2.05, 4.69) is 34.9 Å². The van der Waals surface area contributed by atoms with Crippen LogP contribution >= 0.6 is 0 Å². The third-order valence-electron chi connectivity index (χ3n) is 3.37. The maximum Gasteiger partial charge on any atom is 0.130 e. The summed E-state index contributed by atoms with van der Waals surface area (Å²) < 4.78 is 0. The molecule has 3 rings (SSSR count). The molecule has 0 aliphatic rings. The molecule has 4 heteroatoms. The summed E-state index contributed by atoms with van der Waals surface area (Å²) in [7, 11) is 0. The van der Waals surface area contributed by atoms with E-state index in [1.165, 1.54) is 6.33 Å². The average Bonchev–Trinajstić information content (AvgIpc) is 2.46. The number of anilines is 1. The Morgan fingerprint density at radius 3 is 2.70 bits per heavy atom. The molecule has 0 bridgehead atoms. The minimum absolute atomic E-state index is 0.274. The number of aromatic nitrogens is 3. The fraction of sp³-hybridized carbons (Fsp3) is 0.188. The number of nitrogen functional groups attached to an aromatic ring is 1. The summed E-state index contributed by atoms with van der Waals surface area (Å²) in [6, 6.07) is 10.1. The van der Waals surface area contributed by atoms with Crippen molar-refractivity contribution in [2.45, 2.75) is 19.8 Å². The second kappa shape index (κ2) is 4.89. The van der Waals surface area contributed by atoms with E-state index in [4.69, 9.17) is 5.73 Å². The number of fused-ring (bicyclic) bond motifs is 1. The molecule has 0 amide bonds. The van der Waals surface area contributed by atoms with Crippen LogP contribution in [0, 0.1) is 0 Å². The van der Waals surface area contributed by atoms with Gasteiger partial charge in [-0.25, -0.2) is 9.97 Å². The van der Waals surface area contributed by atoms with E-state index in [1.807, 2.05) is 24.3 Å². The molecule has 0 aliphatic heterocycles. The molecule has 0 aliphatic carbocycles. The van der Waals surface area contributed by atoms with Gasteiger partial charge in [-0.05, 0) is 24.1 Å². The van der Waals surface area contributed by atoms with Gasteiger partial charge in [-0.15, -0.1) is 0 Å². The van der Waals surface area contributed by atoms with Crippen molar-refractivity contribution in [3.63, 3.8) is 0 Å². The molecule has 4 nitrogen and oxygen atoms in total. The lowest BCUT2D eigenvalue weighted by Crippen LogP contribution is -2.04. The molecule has 20 heavy (non-hydrogen) atoms. The Hall–Kier alpha value is -2.49. The first kappa shape index (κ1) is 12.5. The minimum Gasteiger partial charge on any atom is -0.383 e. The van der Waals surface area contributed by atoms with E-state index >= 15 is 0 Å². The van der Waals surface area contributed by atoms with Crippen LogP contribution in [0.1, 0.15) is 25.3 Å². The average molecular weight is 264 g/mol. The molecule has 100 valence electrons. The Labute approximate surface area is 117 Å². The van der Waals surface area contributed by atoms with Gasteiger partial charge < -0.3 is 5.73 Å². The maximum atomic E-state index is 6.01. The van der Waals surface area contributed by atoms with Crippen molar-refractivity contribution in [3.05, 3.63) is 48.4 Å². The fourth-order valence-corrected chi connectivity index (χ4v) is 2.43. The van der Waals surface area contributed by atoms with Crippen molar-refractivity contribution in [2.24, 2.45) is 0 Å². The summed E-state index contributed by atoms with van der Waals surface area (Å²) in [6.45, 7) is 4.20. The van der Waals surface area contributed by atoms with Crippen LogP contribution in [0.3, 0.4) is 0 Å². The van der Waals surface area contributed by atoms with Crippen LogP contribution in [0.15, 0.2) is 42.9 Å². The molecule has 0 radical (unpaired) electrons. The Kier molecular flexibility index (Phi) is 3.06. The van der Waals surface area contributed by atoms with Gasteiger partial charge in [0.25, 0.3) is 0 Å². The highest BCUT2D eigenvalue weighted by Crippen LogP contribution is 2.31. The van der Waals surface area contributed by atoms with Crippen molar-refractivity contribution < 1.29 is 0 Å². The second-order valence-electron chi connectivity index (χ2n) is 5.09. The maximum absolute atomic E-state index is 6.01. The van der Waals surface area contributed by atoms with E-state index in [0.29, 0.717) is 5.82 Å². The van der Waals surface area contributed by atoms with Crippen LogP contribution in [0.25, 0.3) is 22.2 Å². The number of pyridine rings is 1. The Balaban J connectivity index is 2.23. The van der Waals surface area contributed by atoms with Crippen LogP contribution < -0.4 is 5.73 Å². The summed E-state index contributed by atoms with van der Waals surface area (Å²) in [6.07, 6.45) is 3.31. The van der Waals surface area contributed by atoms with E-state index < -0.39 is 0 Å². The van der Waals surface area contributed by atoms with Crippen LogP contribution in [0.5, 0.6) is 0 Å². The van der Waals surface area contributed by atoms with Gasteiger partial charge in [0.15, 0.2) is 0 Å². The van der Waals surface area contributed by atoms with E-state index in [9.17, 15) is 0 Å². The van der Waals surface area contributed by atoms with Gasteiger partial charge in [0.05, 0.1) is 11.2 Å². The van der Waals surface area contributed by atoms with Gasteiger partial charge >= 0.3 is 0 Å². The molecule has 0 saturated carbocycles. The summed E-state index contributed by atoms with van der Waals surface area (Å²) in [5, 5.41) is 1.09. The van der Waals surface area contributed by atoms with Crippen LogP contribution in [0.4, 0.5) is 5.82 Å². The number of hydrogen-bond acceptors (Lipinski definition) is 4. The lowest BCUT2D eigenvalue weighted by Gasteiger charge is -2.13. The zero-order valence-corrected chi connectivity index (χ0v) is 11.5. The summed E-state index contributed by atoms with van der Waals surface area (Å²) in [5.41, 5.74) is 9.93. The van der Waals surface area contributed by atoms with Gasteiger partial charge in [-0.1, -0.05) is 26.0 Å². The lowest BCUT2D eigenvalue weighted by atomic mass is 9.97. The van der Waals surface area contributed by atoms with Gasteiger partial charge in [-0.2, -0.15) is 0 Å². The van der Waals surface area contributed by atoms with Crippen LogP contribution in [-0.2, 0) is 0 Å². The minimum atomic E-state index is 0.274. The number of nitrogens with two attached hydrogens (primary N) is 1. The standard InChI is InChI=1S/C16H16N4/c1-10(2)14-15(19-9-20-16(14)17)12-5-6-13-11(8-12)4-3-7-18-13/h3-10H,1-2H3,(H2,17,19,20). The Morgan fingerprint density at radius 2 is 1.90 bits per heavy atom. The normalized spacial score (nSPS) is 11.2. The third-order valence-corrected chi connectivity index (χ3v) is 3.37. The largest absolute Gasteiger partial charge is 0.383 e. The van der Waals surface area contributed by atoms with Crippen LogP contribution in [-0.4, -0.2) is 15.0 Å². The smallest absolute Gasteiger partial charge is 0.130 e. The van der Waals surface area contributed by atoms with Crippen molar-refractivity contribution >= 4 is 16.7 Å². The highest BCUT2D eigenvalue weighted by Gasteiger charge is 2.14. The lowest BCUT2D eigenvalue weighted by molar-refractivity contribution is 0.855. The molecular weight excluding hydrogens is 248 g/mol. The molecule has 3 aromatic rings. The second-order valence-corrected chi connectivity index (χ2v) is 5.09. The zero-order chi connectivity index (χ0) is 14.1. The molecule has 2 aromatic heterocycles. The Bertz CT molecular complexity index is 765. The number of hydrogen-bond donors (Lipinski definition) is 1. The predicted molar refractivity (Wildman–Crippen MR) is 81.3 cm³/mol. The first-order valence-corrected chi connectivity index (χ1v) is 6.62. The predicted octanol–water partition coefficient (Wildman–Crippen LogP) is 3.40. The van der Waals surface area contributed by atoms with Gasteiger partial charge in [0.2, 0.25) is 0 Å². The van der Waals surface area contributed by atoms with Gasteiger partial charge in [-0.3, -0.25) is 4.98 Å². The zero-order valence-electron chi connectivity index (χ0n) is 11.5. The molecule has 0 fully saturated rings. The third kappa shape index (κ3) is 2.09. The Morgan fingerprint density at radius 1 is 1.05 bits per heavy atom. The first-order valence-electron chi connectivity index (χ1n) is 6.62. The highest BCUT2D eigenvalue weighted by atomic mass is 14.9. The topological polar surface area (TPSA) is 64.7 Å². The number of rotatable bonds is 2. The monoisotopic (exact) mass is 264 g/mol. The molecule has 0 saturated heterocycles. The number of benzene rings is 1. The summed E-state index contributed by atoms with van der Waals surface area (Å²) >= 11 is 0. The molecule has 2 heterocycles. The molecule has 0 unspecified atom stereocenters. The first-order chi connectivity index (χ1) is 9.66. The van der Waals surface area contributed by atoms with Crippen molar-refractivity contribution in [3.8, 4) is 11.3 Å². The highest BCUT2D eigenvalue weighted by molar-refractivity contribution is 5.84. The van der Waals surface area contributed by atoms with Crippen molar-refractivity contribution in [2.75, 3.05) is 5.73 Å². The van der Waals surface area contributed by atoms with Crippen molar-refractivity contribution in [1.82, 2.24) is 15.0 Å². The van der Waals surface area contributed by atoms with Gasteiger partial charge in [0, 0.05) is 22.7 Å². The summed E-state index contributed by atoms with van der Waals surface area (Å²) in [4.78, 5) is 12.9. The molecule has 2 N–H and O–H groups in total. The molecule has 1 aromatic carbocycles. The quantitative estimate of drug-likeness (QED) is 0.770. The molecule has 0 atom stereocenters. The molecular formula is C16H16N4. The van der Waals surface area contributed by atoms with E-state index in [1.54, 1.807) is 6.20 Å². The fourth-order valence-electron chi connectivity index (χ4n) is 2.43. The van der Waals surface area contributed by atoms with E-state index in [-0.39, 0.29) is 5.92 Å². The van der Waals surface area contributed by atoms with Gasteiger partial charge in [0.1, 0.15) is 12.1 Å². The van der Waals surface area contributed by atoms with Crippen molar-refractivity contribution in [1.29, 1.82) is 0 Å². The molecule has 0 spiro atoms.